The number of hydrogen-bond acceptors (Lipinski definition) is 5. The molecule has 0 aliphatic carbocycles. The van der Waals surface area contributed by atoms with E-state index in [9.17, 15) is 5.11 Å². The fraction of sp³-hybridized carbons (Fsp3) is 0.684. The molecule has 24 heavy (non-hydrogen) atoms. The van der Waals surface area contributed by atoms with Gasteiger partial charge in [-0.15, -0.1) is 0 Å². The zero-order chi connectivity index (χ0) is 17.9. The van der Waals surface area contributed by atoms with Crippen molar-refractivity contribution in [3.05, 3.63) is 23.8 Å². The molecule has 0 amide bonds. The number of methoxy groups -OCH3 is 2. The van der Waals surface area contributed by atoms with E-state index in [-0.39, 0.29) is 0 Å². The van der Waals surface area contributed by atoms with Crippen LogP contribution in [-0.2, 0) is 11.3 Å². The van der Waals surface area contributed by atoms with Gasteiger partial charge in [-0.2, -0.15) is 0 Å². The van der Waals surface area contributed by atoms with Crippen molar-refractivity contribution in [3.63, 3.8) is 0 Å². The predicted molar refractivity (Wildman–Crippen MR) is 96.7 cm³/mol. The van der Waals surface area contributed by atoms with E-state index in [2.05, 4.69) is 26.1 Å². The molecule has 0 fully saturated rings. The molecule has 0 bridgehead atoms. The van der Waals surface area contributed by atoms with Gasteiger partial charge in [-0.05, 0) is 43.4 Å². The molecular formula is C19H33NO4. The lowest BCUT2D eigenvalue weighted by Crippen LogP contribution is -2.36. The summed E-state index contributed by atoms with van der Waals surface area (Å²) in [5.41, 5.74) is 0.984. The molecule has 0 saturated heterocycles. The van der Waals surface area contributed by atoms with Crippen LogP contribution in [0.3, 0.4) is 0 Å². The number of ether oxygens (including phenoxy) is 3. The maximum atomic E-state index is 10.0. The van der Waals surface area contributed by atoms with Gasteiger partial charge in [-0.25, -0.2) is 0 Å². The highest BCUT2D eigenvalue weighted by Gasteiger charge is 2.09. The van der Waals surface area contributed by atoms with Crippen molar-refractivity contribution in [2.75, 3.05) is 27.4 Å². The van der Waals surface area contributed by atoms with E-state index < -0.39 is 6.10 Å². The Balaban J connectivity index is 2.26. The Morgan fingerprint density at radius 3 is 2.38 bits per heavy atom. The summed E-state index contributed by atoms with van der Waals surface area (Å²) >= 11 is 0. The van der Waals surface area contributed by atoms with Crippen LogP contribution >= 0.6 is 0 Å². The summed E-state index contributed by atoms with van der Waals surface area (Å²) in [6.45, 7) is 7.89. The number of aliphatic hydroxyl groups excluding tert-OH is 1. The second-order valence-electron chi connectivity index (χ2n) is 6.64. The lowest BCUT2D eigenvalue weighted by Gasteiger charge is -2.18. The summed E-state index contributed by atoms with van der Waals surface area (Å²) in [7, 11) is 3.22. The number of nitrogens with one attached hydrogen (secondary N) is 1. The highest BCUT2D eigenvalue weighted by atomic mass is 16.5. The zero-order valence-corrected chi connectivity index (χ0v) is 15.7. The largest absolute Gasteiger partial charge is 0.493 e. The van der Waals surface area contributed by atoms with Crippen LogP contribution in [-0.4, -0.2) is 44.6 Å². The molecule has 5 heteroatoms. The standard InChI is InChI=1S/C19H33NO4/c1-14(2)6-7-15(3)20-11-17(21)13-24-12-16-8-9-18(22-4)19(10-16)23-5/h8-10,14-15,17,20-21H,6-7,11-13H2,1-5H3. The van der Waals surface area contributed by atoms with Crippen molar-refractivity contribution in [1.29, 1.82) is 0 Å². The molecule has 2 atom stereocenters. The van der Waals surface area contributed by atoms with E-state index in [0.717, 1.165) is 12.0 Å². The van der Waals surface area contributed by atoms with E-state index in [1.807, 2.05) is 18.2 Å². The van der Waals surface area contributed by atoms with Crippen LogP contribution in [0.1, 0.15) is 39.2 Å². The average Bonchev–Trinajstić information content (AvgIpc) is 2.57. The number of benzene rings is 1. The summed E-state index contributed by atoms with van der Waals surface area (Å²) in [6.07, 6.45) is 1.81. The molecule has 1 aromatic carbocycles. The molecule has 0 spiro atoms. The average molecular weight is 339 g/mol. The van der Waals surface area contributed by atoms with Crippen LogP contribution in [0.2, 0.25) is 0 Å². The van der Waals surface area contributed by atoms with E-state index >= 15 is 0 Å². The Hall–Kier alpha value is -1.30. The summed E-state index contributed by atoms with van der Waals surface area (Å²) in [4.78, 5) is 0. The summed E-state index contributed by atoms with van der Waals surface area (Å²) in [5, 5.41) is 13.4. The van der Waals surface area contributed by atoms with E-state index in [0.29, 0.717) is 43.2 Å². The molecule has 138 valence electrons. The minimum Gasteiger partial charge on any atom is -0.493 e. The molecule has 0 aliphatic heterocycles. The van der Waals surface area contributed by atoms with Gasteiger partial charge in [0.25, 0.3) is 0 Å². The number of rotatable bonds is 12. The number of aliphatic hydroxyl groups is 1. The first-order valence-corrected chi connectivity index (χ1v) is 8.66. The van der Waals surface area contributed by atoms with Gasteiger partial charge >= 0.3 is 0 Å². The summed E-state index contributed by atoms with van der Waals surface area (Å²) in [6, 6.07) is 6.08. The first-order valence-electron chi connectivity index (χ1n) is 8.66. The molecule has 0 saturated carbocycles. The van der Waals surface area contributed by atoms with Gasteiger partial charge in [0, 0.05) is 12.6 Å². The van der Waals surface area contributed by atoms with Gasteiger partial charge in [-0.3, -0.25) is 0 Å². The Labute approximate surface area is 146 Å². The Kier molecular flexibility index (Phi) is 9.76. The smallest absolute Gasteiger partial charge is 0.161 e. The molecule has 0 heterocycles. The van der Waals surface area contributed by atoms with Crippen molar-refractivity contribution in [2.45, 2.75) is 52.4 Å². The molecule has 2 N–H and O–H groups in total. The quantitative estimate of drug-likeness (QED) is 0.613. The maximum absolute atomic E-state index is 10.0. The lowest BCUT2D eigenvalue weighted by atomic mass is 10.0. The molecule has 0 radical (unpaired) electrons. The van der Waals surface area contributed by atoms with E-state index in [4.69, 9.17) is 14.2 Å². The predicted octanol–water partition coefficient (Wildman–Crippen LogP) is 3.00. The van der Waals surface area contributed by atoms with Crippen molar-refractivity contribution in [1.82, 2.24) is 5.32 Å². The minimum absolute atomic E-state index is 0.304. The van der Waals surface area contributed by atoms with Gasteiger partial charge in [-0.1, -0.05) is 19.9 Å². The Morgan fingerprint density at radius 2 is 1.75 bits per heavy atom. The van der Waals surface area contributed by atoms with Crippen LogP contribution < -0.4 is 14.8 Å². The molecule has 2 unspecified atom stereocenters. The van der Waals surface area contributed by atoms with Gasteiger partial charge in [0.1, 0.15) is 0 Å². The third kappa shape index (κ3) is 7.99. The van der Waals surface area contributed by atoms with Crippen LogP contribution in [0.15, 0.2) is 18.2 Å². The van der Waals surface area contributed by atoms with Crippen molar-refractivity contribution < 1.29 is 19.3 Å². The summed E-state index contributed by atoms with van der Waals surface area (Å²) in [5.74, 6) is 2.09. The first-order chi connectivity index (χ1) is 11.5. The van der Waals surface area contributed by atoms with Gasteiger partial charge in [0.15, 0.2) is 11.5 Å². The normalized spacial score (nSPS) is 13.8. The fourth-order valence-corrected chi connectivity index (χ4v) is 2.36. The lowest BCUT2D eigenvalue weighted by molar-refractivity contribution is 0.0276. The van der Waals surface area contributed by atoms with Crippen molar-refractivity contribution >= 4 is 0 Å². The first kappa shape index (κ1) is 20.7. The zero-order valence-electron chi connectivity index (χ0n) is 15.7. The fourth-order valence-electron chi connectivity index (χ4n) is 2.36. The van der Waals surface area contributed by atoms with Crippen molar-refractivity contribution in [3.8, 4) is 11.5 Å². The molecule has 0 aromatic heterocycles. The highest BCUT2D eigenvalue weighted by molar-refractivity contribution is 5.42. The monoisotopic (exact) mass is 339 g/mol. The molecule has 5 nitrogen and oxygen atoms in total. The topological polar surface area (TPSA) is 60.0 Å². The van der Waals surface area contributed by atoms with Gasteiger partial charge in [0.2, 0.25) is 0 Å². The van der Waals surface area contributed by atoms with Crippen molar-refractivity contribution in [2.24, 2.45) is 5.92 Å². The third-order valence-corrected chi connectivity index (χ3v) is 3.91. The molecule has 0 aliphatic rings. The van der Waals surface area contributed by atoms with Gasteiger partial charge in [0.05, 0.1) is 33.5 Å². The third-order valence-electron chi connectivity index (χ3n) is 3.91. The molecule has 1 aromatic rings. The van der Waals surface area contributed by atoms with Gasteiger partial charge < -0.3 is 24.6 Å². The second-order valence-corrected chi connectivity index (χ2v) is 6.64. The number of hydrogen-bond donors (Lipinski definition) is 2. The molecule has 1 rings (SSSR count). The van der Waals surface area contributed by atoms with Crippen LogP contribution in [0.25, 0.3) is 0 Å². The SMILES string of the molecule is COc1ccc(COCC(O)CNC(C)CCC(C)C)cc1OC. The van der Waals surface area contributed by atoms with E-state index in [1.54, 1.807) is 14.2 Å². The maximum Gasteiger partial charge on any atom is 0.161 e. The second kappa shape index (κ2) is 11.3. The van der Waals surface area contributed by atoms with Crippen LogP contribution in [0, 0.1) is 5.92 Å². The molecular weight excluding hydrogens is 306 g/mol. The van der Waals surface area contributed by atoms with Crippen LogP contribution in [0.5, 0.6) is 11.5 Å². The Bertz CT molecular complexity index is 465. The Morgan fingerprint density at radius 1 is 1.04 bits per heavy atom. The summed E-state index contributed by atoms with van der Waals surface area (Å²) < 4.78 is 16.1. The highest BCUT2D eigenvalue weighted by Crippen LogP contribution is 2.27. The van der Waals surface area contributed by atoms with E-state index in [1.165, 1.54) is 6.42 Å². The van der Waals surface area contributed by atoms with Crippen LogP contribution in [0.4, 0.5) is 0 Å². The minimum atomic E-state index is -0.508.